The SMILES string of the molecule is O=C(CCN1C(=O)/C(=C/c2c3ccccc3cc3ccccc23)SC1=S)Nc1ccc(Cl)cc1. The predicted molar refractivity (Wildman–Crippen MR) is 146 cm³/mol. The number of hydrogen-bond donors (Lipinski definition) is 1. The Hall–Kier alpha value is -3.19. The van der Waals surface area contributed by atoms with Crippen LogP contribution in [0.15, 0.2) is 83.8 Å². The third kappa shape index (κ3) is 4.57. The Labute approximate surface area is 211 Å². The topological polar surface area (TPSA) is 49.4 Å². The maximum atomic E-state index is 13.2. The molecule has 0 radical (unpaired) electrons. The Bertz CT molecular complexity index is 1430. The van der Waals surface area contributed by atoms with Crippen molar-refractivity contribution < 1.29 is 9.59 Å². The van der Waals surface area contributed by atoms with Crippen molar-refractivity contribution >= 4 is 85.0 Å². The van der Waals surface area contributed by atoms with Crippen LogP contribution < -0.4 is 5.32 Å². The van der Waals surface area contributed by atoms with Crippen LogP contribution >= 0.6 is 35.6 Å². The second-order valence-corrected chi connectivity index (χ2v) is 9.98. The number of rotatable bonds is 5. The molecule has 1 aliphatic rings. The molecule has 1 saturated heterocycles. The van der Waals surface area contributed by atoms with Crippen LogP contribution in [0.3, 0.4) is 0 Å². The second-order valence-electron chi connectivity index (χ2n) is 7.87. The molecule has 7 heteroatoms. The van der Waals surface area contributed by atoms with Gasteiger partial charge in [0, 0.05) is 23.7 Å². The number of carbonyl (C=O) groups is 2. The Kier molecular flexibility index (Phi) is 6.37. The van der Waals surface area contributed by atoms with Crippen LogP contribution in [0.1, 0.15) is 12.0 Å². The van der Waals surface area contributed by atoms with Gasteiger partial charge in [-0.05, 0) is 63.5 Å². The Morgan fingerprint density at radius 3 is 2.24 bits per heavy atom. The fraction of sp³-hybridized carbons (Fsp3) is 0.0741. The molecule has 1 heterocycles. The lowest BCUT2D eigenvalue weighted by Crippen LogP contribution is -2.31. The van der Waals surface area contributed by atoms with E-state index in [0.29, 0.717) is 19.9 Å². The molecule has 168 valence electrons. The monoisotopic (exact) mass is 502 g/mol. The average Bonchev–Trinajstić information content (AvgIpc) is 3.11. The van der Waals surface area contributed by atoms with Gasteiger partial charge in [-0.25, -0.2) is 0 Å². The number of thiocarbonyl (C=S) groups is 1. The molecule has 1 fully saturated rings. The largest absolute Gasteiger partial charge is 0.326 e. The van der Waals surface area contributed by atoms with Gasteiger partial charge in [-0.15, -0.1) is 0 Å². The Balaban J connectivity index is 1.38. The summed E-state index contributed by atoms with van der Waals surface area (Å²) in [5, 5.41) is 7.79. The van der Waals surface area contributed by atoms with E-state index < -0.39 is 0 Å². The molecule has 1 aliphatic heterocycles. The van der Waals surface area contributed by atoms with Crippen LogP contribution in [0.25, 0.3) is 27.6 Å². The van der Waals surface area contributed by atoms with Crippen molar-refractivity contribution in [3.05, 3.63) is 94.4 Å². The lowest BCUT2D eigenvalue weighted by Gasteiger charge is -2.14. The van der Waals surface area contributed by atoms with Crippen LogP contribution in [-0.4, -0.2) is 27.6 Å². The third-order valence-electron chi connectivity index (χ3n) is 5.65. The predicted octanol–water partition coefficient (Wildman–Crippen LogP) is 6.88. The number of anilines is 1. The molecule has 34 heavy (non-hydrogen) atoms. The molecule has 5 rings (SSSR count). The van der Waals surface area contributed by atoms with E-state index in [0.717, 1.165) is 27.1 Å². The van der Waals surface area contributed by atoms with Gasteiger partial charge in [-0.1, -0.05) is 84.1 Å². The first-order chi connectivity index (χ1) is 16.5. The normalized spacial score (nSPS) is 15.0. The number of halogens is 1. The van der Waals surface area contributed by atoms with Crippen LogP contribution in [0, 0.1) is 0 Å². The maximum absolute atomic E-state index is 13.2. The molecule has 4 aromatic carbocycles. The quantitative estimate of drug-likeness (QED) is 0.184. The lowest BCUT2D eigenvalue weighted by atomic mass is 9.96. The van der Waals surface area contributed by atoms with Gasteiger partial charge in [0.25, 0.3) is 5.91 Å². The summed E-state index contributed by atoms with van der Waals surface area (Å²) in [4.78, 5) is 27.7. The van der Waals surface area contributed by atoms with Crippen LogP contribution in [0.2, 0.25) is 5.02 Å². The third-order valence-corrected chi connectivity index (χ3v) is 7.28. The highest BCUT2D eigenvalue weighted by Gasteiger charge is 2.32. The summed E-state index contributed by atoms with van der Waals surface area (Å²) in [6.45, 7) is 0.220. The van der Waals surface area contributed by atoms with Gasteiger partial charge in [0.05, 0.1) is 4.91 Å². The van der Waals surface area contributed by atoms with Crippen LogP contribution in [-0.2, 0) is 9.59 Å². The highest BCUT2D eigenvalue weighted by atomic mass is 35.5. The van der Waals surface area contributed by atoms with E-state index in [2.05, 4.69) is 35.6 Å². The van der Waals surface area contributed by atoms with Crippen molar-refractivity contribution in [3.8, 4) is 0 Å². The smallest absolute Gasteiger partial charge is 0.266 e. The molecule has 0 aromatic heterocycles. The minimum absolute atomic E-state index is 0.138. The fourth-order valence-corrected chi connectivity index (χ4v) is 5.41. The highest BCUT2D eigenvalue weighted by Crippen LogP contribution is 2.36. The molecular weight excluding hydrogens is 484 g/mol. The molecule has 2 amide bonds. The number of nitrogens with one attached hydrogen (secondary N) is 1. The van der Waals surface area contributed by atoms with E-state index >= 15 is 0 Å². The van der Waals surface area contributed by atoms with Gasteiger partial charge in [0.1, 0.15) is 4.32 Å². The molecule has 0 unspecified atom stereocenters. The fourth-order valence-electron chi connectivity index (χ4n) is 4.00. The first-order valence-electron chi connectivity index (χ1n) is 10.7. The summed E-state index contributed by atoms with van der Waals surface area (Å²) in [7, 11) is 0. The van der Waals surface area contributed by atoms with Gasteiger partial charge >= 0.3 is 0 Å². The van der Waals surface area contributed by atoms with Crippen LogP contribution in [0.5, 0.6) is 0 Å². The molecule has 1 N–H and O–H groups in total. The van der Waals surface area contributed by atoms with Crippen molar-refractivity contribution in [2.75, 3.05) is 11.9 Å². The van der Waals surface area contributed by atoms with E-state index in [4.69, 9.17) is 23.8 Å². The summed E-state index contributed by atoms with van der Waals surface area (Å²) >= 11 is 12.6. The molecule has 4 aromatic rings. The average molecular weight is 503 g/mol. The van der Waals surface area contributed by atoms with Gasteiger partial charge in [0.2, 0.25) is 5.91 Å². The standard InChI is InChI=1S/C27H19ClN2O2S2/c28-19-9-11-20(12-10-19)29-25(31)13-14-30-26(32)24(34-27(30)33)16-23-21-7-3-1-5-17(21)15-18-6-2-4-8-22(18)23/h1-12,15-16H,13-14H2,(H,29,31)/b24-16-. The minimum Gasteiger partial charge on any atom is -0.326 e. The molecular formula is C27H19ClN2O2S2. The first kappa shape index (κ1) is 22.6. The molecule has 0 atom stereocenters. The lowest BCUT2D eigenvalue weighted by molar-refractivity contribution is -0.122. The number of fused-ring (bicyclic) bond motifs is 2. The first-order valence-corrected chi connectivity index (χ1v) is 12.3. The van der Waals surface area contributed by atoms with E-state index in [1.807, 2.05) is 30.3 Å². The molecule has 0 bridgehead atoms. The molecule has 0 saturated carbocycles. The van der Waals surface area contributed by atoms with Gasteiger partial charge in [-0.2, -0.15) is 0 Å². The molecule has 0 spiro atoms. The van der Waals surface area contributed by atoms with E-state index in [1.54, 1.807) is 24.3 Å². The zero-order chi connectivity index (χ0) is 23.7. The number of benzene rings is 4. The zero-order valence-electron chi connectivity index (χ0n) is 18.0. The van der Waals surface area contributed by atoms with Gasteiger partial charge in [0.15, 0.2) is 0 Å². The number of hydrogen-bond acceptors (Lipinski definition) is 4. The second kappa shape index (κ2) is 9.58. The number of thioether (sulfide) groups is 1. The van der Waals surface area contributed by atoms with E-state index in [-0.39, 0.29) is 24.8 Å². The Morgan fingerprint density at radius 2 is 1.59 bits per heavy atom. The summed E-state index contributed by atoms with van der Waals surface area (Å²) in [6.07, 6.45) is 2.07. The van der Waals surface area contributed by atoms with Crippen molar-refractivity contribution in [2.24, 2.45) is 0 Å². The maximum Gasteiger partial charge on any atom is 0.266 e. The number of carbonyl (C=O) groups excluding carboxylic acids is 2. The minimum atomic E-state index is -0.194. The highest BCUT2D eigenvalue weighted by molar-refractivity contribution is 8.26. The van der Waals surface area contributed by atoms with Gasteiger partial charge in [-0.3, -0.25) is 14.5 Å². The number of nitrogens with zero attached hydrogens (tertiary/aromatic N) is 1. The van der Waals surface area contributed by atoms with Crippen LogP contribution in [0.4, 0.5) is 5.69 Å². The summed E-state index contributed by atoms with van der Waals surface area (Å²) in [6, 6.07) is 25.3. The summed E-state index contributed by atoms with van der Waals surface area (Å²) in [5.41, 5.74) is 1.65. The molecule has 0 aliphatic carbocycles. The van der Waals surface area contributed by atoms with Gasteiger partial charge < -0.3 is 5.32 Å². The molecule has 4 nitrogen and oxygen atoms in total. The Morgan fingerprint density at radius 1 is 0.971 bits per heavy atom. The van der Waals surface area contributed by atoms with E-state index in [9.17, 15) is 9.59 Å². The van der Waals surface area contributed by atoms with Crippen molar-refractivity contribution in [3.63, 3.8) is 0 Å². The van der Waals surface area contributed by atoms with Crippen molar-refractivity contribution in [2.45, 2.75) is 6.42 Å². The zero-order valence-corrected chi connectivity index (χ0v) is 20.3. The van der Waals surface area contributed by atoms with Crippen molar-refractivity contribution in [1.29, 1.82) is 0 Å². The van der Waals surface area contributed by atoms with Crippen molar-refractivity contribution in [1.82, 2.24) is 4.90 Å². The van der Waals surface area contributed by atoms with E-state index in [1.165, 1.54) is 16.7 Å². The summed E-state index contributed by atoms with van der Waals surface area (Å²) < 4.78 is 0.458. The summed E-state index contributed by atoms with van der Waals surface area (Å²) in [5.74, 6) is -0.369. The number of amides is 2.